The molecule has 0 bridgehead atoms. The predicted octanol–water partition coefficient (Wildman–Crippen LogP) is 2.66. The Morgan fingerprint density at radius 3 is 2.27 bits per heavy atom. The number of carbonyl (C=O) groups is 1. The Balaban J connectivity index is 1.94. The molecule has 2 aromatic rings. The van der Waals surface area contributed by atoms with E-state index in [4.69, 9.17) is 4.74 Å². The van der Waals surface area contributed by atoms with Gasteiger partial charge in [0.05, 0.1) is 4.90 Å². The third-order valence-corrected chi connectivity index (χ3v) is 5.14. The van der Waals surface area contributed by atoms with Gasteiger partial charge in [-0.3, -0.25) is 4.79 Å². The molecule has 0 radical (unpaired) electrons. The first-order valence-electron chi connectivity index (χ1n) is 8.34. The van der Waals surface area contributed by atoms with Gasteiger partial charge in [0.15, 0.2) is 6.61 Å². The molecule has 0 heterocycles. The van der Waals surface area contributed by atoms with Gasteiger partial charge in [0.1, 0.15) is 5.75 Å². The summed E-state index contributed by atoms with van der Waals surface area (Å²) in [5, 5.41) is 0. The van der Waals surface area contributed by atoms with Crippen LogP contribution in [0.5, 0.6) is 5.75 Å². The van der Waals surface area contributed by atoms with Crippen molar-refractivity contribution in [2.75, 3.05) is 25.1 Å². The van der Waals surface area contributed by atoms with Gasteiger partial charge in [-0.05, 0) is 42.3 Å². The van der Waals surface area contributed by atoms with E-state index in [1.54, 1.807) is 19.2 Å². The second kappa shape index (κ2) is 8.82. The van der Waals surface area contributed by atoms with Gasteiger partial charge in [-0.25, -0.2) is 13.1 Å². The fourth-order valence-electron chi connectivity index (χ4n) is 2.11. The van der Waals surface area contributed by atoms with Crippen molar-refractivity contribution in [3.05, 3.63) is 54.6 Å². The summed E-state index contributed by atoms with van der Waals surface area (Å²) in [5.74, 6) is 0.453. The van der Waals surface area contributed by atoms with Gasteiger partial charge >= 0.3 is 0 Å². The van der Waals surface area contributed by atoms with Gasteiger partial charge in [-0.15, -0.1) is 0 Å². The van der Waals surface area contributed by atoms with Crippen LogP contribution < -0.4 is 14.4 Å². The maximum absolute atomic E-state index is 12.2. The number of amides is 1. The standard InChI is InChI=1S/C19H24N2O4S/c1-15(2)13-20-26(23,24)18-11-9-17(10-12-18)25-14-19(22)21(3)16-7-5-4-6-8-16/h4-12,15,20H,13-14H2,1-3H3. The zero-order valence-electron chi connectivity index (χ0n) is 15.2. The van der Waals surface area contributed by atoms with Crippen LogP contribution in [0.15, 0.2) is 59.5 Å². The first-order valence-corrected chi connectivity index (χ1v) is 9.82. The highest BCUT2D eigenvalue weighted by Gasteiger charge is 2.15. The number of sulfonamides is 1. The van der Waals surface area contributed by atoms with Crippen molar-refractivity contribution in [2.45, 2.75) is 18.7 Å². The first-order chi connectivity index (χ1) is 12.3. The molecule has 0 saturated carbocycles. The van der Waals surface area contributed by atoms with Gasteiger partial charge in [0, 0.05) is 19.3 Å². The second-order valence-electron chi connectivity index (χ2n) is 6.29. The third kappa shape index (κ3) is 5.57. The SMILES string of the molecule is CC(C)CNS(=O)(=O)c1ccc(OCC(=O)N(C)c2ccccc2)cc1. The van der Waals surface area contributed by atoms with Crippen molar-refractivity contribution in [1.29, 1.82) is 0 Å². The summed E-state index contributed by atoms with van der Waals surface area (Å²) in [5.41, 5.74) is 0.777. The lowest BCUT2D eigenvalue weighted by Crippen LogP contribution is -2.31. The van der Waals surface area contributed by atoms with Crippen LogP contribution in [0.1, 0.15) is 13.8 Å². The Labute approximate surface area is 154 Å². The maximum Gasteiger partial charge on any atom is 0.264 e. The van der Waals surface area contributed by atoms with Gasteiger partial charge in [-0.2, -0.15) is 0 Å². The lowest BCUT2D eigenvalue weighted by atomic mass is 10.2. The van der Waals surface area contributed by atoms with Crippen molar-refractivity contribution >= 4 is 21.6 Å². The number of benzene rings is 2. The zero-order valence-corrected chi connectivity index (χ0v) is 16.0. The summed E-state index contributed by atoms with van der Waals surface area (Å²) in [7, 11) is -1.86. The number of likely N-dealkylation sites (N-methyl/N-ethyl adjacent to an activating group) is 1. The molecule has 7 heteroatoms. The molecule has 0 aliphatic heterocycles. The average molecular weight is 376 g/mol. The maximum atomic E-state index is 12.2. The molecule has 0 aliphatic carbocycles. The largest absolute Gasteiger partial charge is 0.484 e. The number of rotatable bonds is 8. The molecule has 1 N–H and O–H groups in total. The molecule has 0 fully saturated rings. The number of nitrogens with one attached hydrogen (secondary N) is 1. The Kier molecular flexibility index (Phi) is 6.76. The van der Waals surface area contributed by atoms with E-state index >= 15 is 0 Å². The fourth-order valence-corrected chi connectivity index (χ4v) is 3.33. The third-order valence-electron chi connectivity index (χ3n) is 3.70. The highest BCUT2D eigenvalue weighted by molar-refractivity contribution is 7.89. The molecular formula is C19H24N2O4S. The Bertz CT molecular complexity index is 818. The number of para-hydroxylation sites is 1. The highest BCUT2D eigenvalue weighted by Crippen LogP contribution is 2.17. The van der Waals surface area contributed by atoms with Gasteiger partial charge in [-0.1, -0.05) is 32.0 Å². The van der Waals surface area contributed by atoms with Crippen LogP contribution in [0, 0.1) is 5.92 Å². The number of anilines is 1. The lowest BCUT2D eigenvalue weighted by molar-refractivity contribution is -0.120. The monoisotopic (exact) mass is 376 g/mol. The molecule has 26 heavy (non-hydrogen) atoms. The van der Waals surface area contributed by atoms with Crippen molar-refractivity contribution in [3.8, 4) is 5.75 Å². The summed E-state index contributed by atoms with van der Waals surface area (Å²) in [6, 6.07) is 15.3. The van der Waals surface area contributed by atoms with E-state index in [-0.39, 0.29) is 23.3 Å². The first kappa shape index (κ1) is 19.9. The Morgan fingerprint density at radius 2 is 1.69 bits per heavy atom. The number of hydrogen-bond donors (Lipinski definition) is 1. The molecule has 0 saturated heterocycles. The van der Waals surface area contributed by atoms with Crippen molar-refractivity contribution in [2.24, 2.45) is 5.92 Å². The van der Waals surface area contributed by atoms with Gasteiger partial charge in [0.2, 0.25) is 10.0 Å². The molecular weight excluding hydrogens is 352 g/mol. The molecule has 2 rings (SSSR count). The quantitative estimate of drug-likeness (QED) is 0.768. The van der Waals surface area contributed by atoms with Crippen molar-refractivity contribution in [1.82, 2.24) is 4.72 Å². The summed E-state index contributed by atoms with van der Waals surface area (Å²) in [4.78, 5) is 13.9. The molecule has 0 spiro atoms. The molecule has 0 aliphatic rings. The summed E-state index contributed by atoms with van der Waals surface area (Å²) < 4.78 is 32.3. The van der Waals surface area contributed by atoms with Crippen LogP contribution in [-0.2, 0) is 14.8 Å². The summed E-state index contributed by atoms with van der Waals surface area (Å²) in [6.45, 7) is 4.11. The van der Waals surface area contributed by atoms with Crippen LogP contribution in [0.2, 0.25) is 0 Å². The molecule has 140 valence electrons. The number of carbonyl (C=O) groups excluding carboxylic acids is 1. The zero-order chi connectivity index (χ0) is 19.2. The predicted molar refractivity (Wildman–Crippen MR) is 102 cm³/mol. The topological polar surface area (TPSA) is 75.7 Å². The van der Waals surface area contributed by atoms with Crippen molar-refractivity contribution in [3.63, 3.8) is 0 Å². The second-order valence-corrected chi connectivity index (χ2v) is 8.06. The van der Waals surface area contributed by atoms with Crippen LogP contribution in [-0.4, -0.2) is 34.5 Å². The van der Waals surface area contributed by atoms with Crippen LogP contribution in [0.3, 0.4) is 0 Å². The minimum absolute atomic E-state index is 0.136. The average Bonchev–Trinajstić information content (AvgIpc) is 2.65. The Morgan fingerprint density at radius 1 is 1.08 bits per heavy atom. The van der Waals surface area contributed by atoms with Crippen LogP contribution >= 0.6 is 0 Å². The van der Waals surface area contributed by atoms with Crippen LogP contribution in [0.4, 0.5) is 5.69 Å². The van der Waals surface area contributed by atoms with Gasteiger partial charge < -0.3 is 9.64 Å². The Hall–Kier alpha value is -2.38. The normalized spacial score (nSPS) is 11.4. The molecule has 1 amide bonds. The van der Waals surface area contributed by atoms with E-state index in [0.29, 0.717) is 12.3 Å². The van der Waals surface area contributed by atoms with Gasteiger partial charge in [0.25, 0.3) is 5.91 Å². The number of nitrogens with zero attached hydrogens (tertiary/aromatic N) is 1. The lowest BCUT2D eigenvalue weighted by Gasteiger charge is -2.17. The molecule has 2 aromatic carbocycles. The van der Waals surface area contributed by atoms with E-state index in [9.17, 15) is 13.2 Å². The number of hydrogen-bond acceptors (Lipinski definition) is 4. The molecule has 0 unspecified atom stereocenters. The fraction of sp³-hybridized carbons (Fsp3) is 0.316. The molecule has 6 nitrogen and oxygen atoms in total. The van der Waals surface area contributed by atoms with E-state index < -0.39 is 10.0 Å². The minimum atomic E-state index is -3.53. The van der Waals surface area contributed by atoms with E-state index in [2.05, 4.69) is 4.72 Å². The summed E-state index contributed by atoms with van der Waals surface area (Å²) in [6.07, 6.45) is 0. The molecule has 0 aromatic heterocycles. The van der Waals surface area contributed by atoms with E-state index in [1.807, 2.05) is 44.2 Å². The van der Waals surface area contributed by atoms with E-state index in [0.717, 1.165) is 5.69 Å². The minimum Gasteiger partial charge on any atom is -0.484 e. The summed E-state index contributed by atoms with van der Waals surface area (Å²) >= 11 is 0. The highest BCUT2D eigenvalue weighted by atomic mass is 32.2. The van der Waals surface area contributed by atoms with Crippen molar-refractivity contribution < 1.29 is 17.9 Å². The molecule has 0 atom stereocenters. The smallest absolute Gasteiger partial charge is 0.264 e. The van der Waals surface area contributed by atoms with E-state index in [1.165, 1.54) is 17.0 Å². The van der Waals surface area contributed by atoms with Crippen LogP contribution in [0.25, 0.3) is 0 Å². The number of ether oxygens (including phenoxy) is 1.